The lowest BCUT2D eigenvalue weighted by atomic mass is 10.2. The van der Waals surface area contributed by atoms with E-state index in [1.165, 1.54) is 11.8 Å². The third-order valence-corrected chi connectivity index (χ3v) is 2.96. The Labute approximate surface area is 99.5 Å². The Morgan fingerprint density at radius 1 is 1.62 bits per heavy atom. The van der Waals surface area contributed by atoms with Gasteiger partial charge in [0, 0.05) is 17.5 Å². The van der Waals surface area contributed by atoms with Crippen LogP contribution >= 0.6 is 11.8 Å². The molecule has 0 spiro atoms. The number of aromatic amines is 1. The molecule has 0 aliphatic heterocycles. The molecular formula is C11H18N2O2S. The summed E-state index contributed by atoms with van der Waals surface area (Å²) >= 11 is 1.48. The standard InChI is InChI=1S/C11H18N2O2S/c1-3-4-9-7-10(15)13-11(12-9)16-6-5-8(2)14/h7-8,14H,3-6H2,1-2H3,(H,12,13,15). The summed E-state index contributed by atoms with van der Waals surface area (Å²) in [5.74, 6) is 0.760. The number of thioether (sulfide) groups is 1. The molecule has 4 nitrogen and oxygen atoms in total. The number of aliphatic hydroxyl groups is 1. The highest BCUT2D eigenvalue weighted by Crippen LogP contribution is 2.13. The first-order chi connectivity index (χ1) is 7.61. The van der Waals surface area contributed by atoms with Gasteiger partial charge in [0.25, 0.3) is 5.56 Å². The van der Waals surface area contributed by atoms with Gasteiger partial charge in [-0.25, -0.2) is 4.98 Å². The van der Waals surface area contributed by atoms with Crippen LogP contribution in [0.4, 0.5) is 0 Å². The number of aliphatic hydroxyl groups excluding tert-OH is 1. The van der Waals surface area contributed by atoms with Gasteiger partial charge in [0.2, 0.25) is 0 Å². The van der Waals surface area contributed by atoms with E-state index in [0.717, 1.165) is 24.3 Å². The summed E-state index contributed by atoms with van der Waals surface area (Å²) in [4.78, 5) is 18.4. The van der Waals surface area contributed by atoms with Crippen molar-refractivity contribution in [1.82, 2.24) is 9.97 Å². The van der Waals surface area contributed by atoms with Crippen molar-refractivity contribution in [1.29, 1.82) is 0 Å². The second-order valence-electron chi connectivity index (χ2n) is 3.78. The zero-order valence-electron chi connectivity index (χ0n) is 9.69. The Morgan fingerprint density at radius 2 is 2.38 bits per heavy atom. The smallest absolute Gasteiger partial charge is 0.251 e. The molecular weight excluding hydrogens is 224 g/mol. The zero-order valence-corrected chi connectivity index (χ0v) is 10.5. The van der Waals surface area contributed by atoms with Gasteiger partial charge < -0.3 is 10.1 Å². The fraction of sp³-hybridized carbons (Fsp3) is 0.636. The molecule has 0 radical (unpaired) electrons. The van der Waals surface area contributed by atoms with E-state index >= 15 is 0 Å². The first-order valence-corrected chi connectivity index (χ1v) is 6.51. The summed E-state index contributed by atoms with van der Waals surface area (Å²) in [6.45, 7) is 3.81. The molecule has 90 valence electrons. The van der Waals surface area contributed by atoms with Crippen molar-refractivity contribution >= 4 is 11.8 Å². The van der Waals surface area contributed by atoms with E-state index in [-0.39, 0.29) is 11.7 Å². The minimum atomic E-state index is -0.307. The molecule has 1 atom stereocenters. The Kier molecular flexibility index (Phi) is 5.55. The van der Waals surface area contributed by atoms with Gasteiger partial charge in [-0.15, -0.1) is 0 Å². The second-order valence-corrected chi connectivity index (χ2v) is 4.86. The van der Waals surface area contributed by atoms with E-state index in [2.05, 4.69) is 16.9 Å². The number of hydrogen-bond acceptors (Lipinski definition) is 4. The van der Waals surface area contributed by atoms with Gasteiger partial charge in [-0.2, -0.15) is 0 Å². The zero-order chi connectivity index (χ0) is 12.0. The predicted molar refractivity (Wildman–Crippen MR) is 65.9 cm³/mol. The molecule has 5 heteroatoms. The van der Waals surface area contributed by atoms with E-state index in [1.54, 1.807) is 13.0 Å². The van der Waals surface area contributed by atoms with Crippen molar-refractivity contribution in [3.8, 4) is 0 Å². The normalized spacial score (nSPS) is 12.7. The number of hydrogen-bond donors (Lipinski definition) is 2. The summed E-state index contributed by atoms with van der Waals surface area (Å²) in [6.07, 6.45) is 2.20. The summed E-state index contributed by atoms with van der Waals surface area (Å²) < 4.78 is 0. The minimum absolute atomic E-state index is 0.0991. The van der Waals surface area contributed by atoms with Gasteiger partial charge >= 0.3 is 0 Å². The Bertz CT molecular complexity index is 376. The molecule has 1 heterocycles. The van der Waals surface area contributed by atoms with Crippen LogP contribution in [0.15, 0.2) is 16.0 Å². The van der Waals surface area contributed by atoms with Crippen LogP contribution in [0.1, 0.15) is 32.4 Å². The third-order valence-electron chi connectivity index (χ3n) is 2.05. The Balaban J connectivity index is 2.61. The molecule has 1 aromatic rings. The molecule has 1 unspecified atom stereocenters. The van der Waals surface area contributed by atoms with Crippen LogP contribution in [0, 0.1) is 0 Å². The predicted octanol–water partition coefficient (Wildman–Crippen LogP) is 1.59. The molecule has 0 aliphatic rings. The van der Waals surface area contributed by atoms with Crippen molar-refractivity contribution in [2.45, 2.75) is 44.4 Å². The highest BCUT2D eigenvalue weighted by Gasteiger charge is 2.02. The first kappa shape index (κ1) is 13.3. The van der Waals surface area contributed by atoms with Gasteiger partial charge in [0.1, 0.15) is 0 Å². The average Bonchev–Trinajstić information content (AvgIpc) is 2.16. The highest BCUT2D eigenvalue weighted by molar-refractivity contribution is 7.99. The van der Waals surface area contributed by atoms with Crippen LogP contribution in [-0.2, 0) is 6.42 Å². The highest BCUT2D eigenvalue weighted by atomic mass is 32.2. The number of nitrogens with one attached hydrogen (secondary N) is 1. The number of aromatic nitrogens is 2. The van der Waals surface area contributed by atoms with E-state index in [9.17, 15) is 4.79 Å². The number of nitrogens with zero attached hydrogens (tertiary/aromatic N) is 1. The molecule has 1 rings (SSSR count). The Hall–Kier alpha value is -0.810. The molecule has 0 aliphatic carbocycles. The van der Waals surface area contributed by atoms with E-state index in [0.29, 0.717) is 11.6 Å². The summed E-state index contributed by atoms with van der Waals surface area (Å²) in [6, 6.07) is 1.54. The number of aryl methyl sites for hydroxylation is 1. The largest absolute Gasteiger partial charge is 0.393 e. The molecule has 16 heavy (non-hydrogen) atoms. The molecule has 0 saturated heterocycles. The topological polar surface area (TPSA) is 66.0 Å². The maximum atomic E-state index is 11.3. The maximum absolute atomic E-state index is 11.3. The lowest BCUT2D eigenvalue weighted by Crippen LogP contribution is -2.10. The van der Waals surface area contributed by atoms with Crippen LogP contribution in [0.5, 0.6) is 0 Å². The lowest BCUT2D eigenvalue weighted by molar-refractivity contribution is 0.192. The van der Waals surface area contributed by atoms with Crippen molar-refractivity contribution in [2.75, 3.05) is 5.75 Å². The fourth-order valence-electron chi connectivity index (χ4n) is 1.26. The average molecular weight is 242 g/mol. The van der Waals surface area contributed by atoms with Gasteiger partial charge in [0.05, 0.1) is 6.10 Å². The number of rotatable bonds is 6. The van der Waals surface area contributed by atoms with Gasteiger partial charge in [-0.3, -0.25) is 4.79 Å². The molecule has 2 N–H and O–H groups in total. The van der Waals surface area contributed by atoms with Crippen LogP contribution in [-0.4, -0.2) is 26.9 Å². The molecule has 0 saturated carbocycles. The van der Waals surface area contributed by atoms with Crippen molar-refractivity contribution in [3.63, 3.8) is 0 Å². The summed E-state index contributed by atoms with van der Waals surface area (Å²) in [7, 11) is 0. The van der Waals surface area contributed by atoms with Crippen LogP contribution in [0.3, 0.4) is 0 Å². The monoisotopic (exact) mass is 242 g/mol. The third kappa shape index (κ3) is 4.81. The lowest BCUT2D eigenvalue weighted by Gasteiger charge is -2.04. The maximum Gasteiger partial charge on any atom is 0.251 e. The number of H-pyrrole nitrogens is 1. The van der Waals surface area contributed by atoms with E-state index in [4.69, 9.17) is 5.11 Å². The molecule has 0 bridgehead atoms. The first-order valence-electron chi connectivity index (χ1n) is 5.53. The van der Waals surface area contributed by atoms with Crippen molar-refractivity contribution in [2.24, 2.45) is 0 Å². The van der Waals surface area contributed by atoms with Crippen molar-refractivity contribution in [3.05, 3.63) is 22.1 Å². The van der Waals surface area contributed by atoms with Gasteiger partial charge in [-0.05, 0) is 19.8 Å². The summed E-state index contributed by atoms with van der Waals surface area (Å²) in [5, 5.41) is 9.77. The Morgan fingerprint density at radius 3 is 3.00 bits per heavy atom. The quantitative estimate of drug-likeness (QED) is 0.587. The minimum Gasteiger partial charge on any atom is -0.393 e. The van der Waals surface area contributed by atoms with Crippen LogP contribution < -0.4 is 5.56 Å². The summed E-state index contributed by atoms with van der Waals surface area (Å²) in [5.41, 5.74) is 0.740. The van der Waals surface area contributed by atoms with Crippen LogP contribution in [0.25, 0.3) is 0 Å². The van der Waals surface area contributed by atoms with E-state index in [1.807, 2.05) is 0 Å². The van der Waals surface area contributed by atoms with Crippen molar-refractivity contribution < 1.29 is 5.11 Å². The van der Waals surface area contributed by atoms with Gasteiger partial charge in [0.15, 0.2) is 5.16 Å². The molecule has 0 fully saturated rings. The molecule has 0 aromatic carbocycles. The molecule has 1 aromatic heterocycles. The van der Waals surface area contributed by atoms with Gasteiger partial charge in [-0.1, -0.05) is 25.1 Å². The fourth-order valence-corrected chi connectivity index (χ4v) is 2.27. The molecule has 0 amide bonds. The van der Waals surface area contributed by atoms with Crippen LogP contribution in [0.2, 0.25) is 0 Å². The SMILES string of the molecule is CCCc1cc(=O)[nH]c(SCCC(C)O)n1. The second kappa shape index (κ2) is 6.70. The van der Waals surface area contributed by atoms with E-state index < -0.39 is 0 Å².